The number of morpholine rings is 1. The first kappa shape index (κ1) is 19.6. The molecule has 2 saturated heterocycles. The van der Waals surface area contributed by atoms with E-state index in [1.165, 1.54) is 18.5 Å². The SMILES string of the molecule is Cc1cc(C(=O)Nc2ccc(N3CCC(C)CC3)cc2)nc(N2CCOCC2)n1. The van der Waals surface area contributed by atoms with Gasteiger partial charge in [-0.25, -0.2) is 9.97 Å². The Labute approximate surface area is 172 Å². The number of ether oxygens (including phenoxy) is 1. The number of piperidine rings is 1. The van der Waals surface area contributed by atoms with E-state index in [-0.39, 0.29) is 5.91 Å². The number of carbonyl (C=O) groups is 1. The van der Waals surface area contributed by atoms with E-state index in [0.717, 1.165) is 43.5 Å². The Balaban J connectivity index is 1.43. The van der Waals surface area contributed by atoms with Gasteiger partial charge in [0, 0.05) is 43.2 Å². The number of aromatic nitrogens is 2. The number of carbonyl (C=O) groups excluding carboxylic acids is 1. The molecule has 0 bridgehead atoms. The number of aryl methyl sites for hydroxylation is 1. The Morgan fingerprint density at radius 3 is 2.41 bits per heavy atom. The van der Waals surface area contributed by atoms with E-state index in [1.807, 2.05) is 19.1 Å². The van der Waals surface area contributed by atoms with Crippen molar-refractivity contribution in [3.8, 4) is 0 Å². The minimum Gasteiger partial charge on any atom is -0.378 e. The molecule has 1 N–H and O–H groups in total. The smallest absolute Gasteiger partial charge is 0.274 e. The molecule has 0 aliphatic carbocycles. The van der Waals surface area contributed by atoms with E-state index in [1.54, 1.807) is 6.07 Å². The third-order valence-corrected chi connectivity index (χ3v) is 5.64. The third kappa shape index (κ3) is 4.85. The Morgan fingerprint density at radius 2 is 1.72 bits per heavy atom. The number of nitrogens with zero attached hydrogens (tertiary/aromatic N) is 4. The maximum atomic E-state index is 12.8. The van der Waals surface area contributed by atoms with Crippen LogP contribution in [0.1, 0.15) is 35.9 Å². The molecule has 2 aliphatic rings. The predicted molar refractivity (Wildman–Crippen MR) is 115 cm³/mol. The van der Waals surface area contributed by atoms with Crippen molar-refractivity contribution < 1.29 is 9.53 Å². The molecular formula is C22H29N5O2. The van der Waals surface area contributed by atoms with Gasteiger partial charge in [-0.3, -0.25) is 4.79 Å². The lowest BCUT2D eigenvalue weighted by Crippen LogP contribution is -2.37. The summed E-state index contributed by atoms with van der Waals surface area (Å²) in [6.07, 6.45) is 2.47. The zero-order valence-corrected chi connectivity index (χ0v) is 17.2. The van der Waals surface area contributed by atoms with Crippen molar-refractivity contribution in [2.24, 2.45) is 5.92 Å². The maximum absolute atomic E-state index is 12.8. The number of hydrogen-bond donors (Lipinski definition) is 1. The van der Waals surface area contributed by atoms with E-state index in [4.69, 9.17) is 4.74 Å². The lowest BCUT2D eigenvalue weighted by molar-refractivity contribution is 0.102. The van der Waals surface area contributed by atoms with Crippen LogP contribution in [0.2, 0.25) is 0 Å². The van der Waals surface area contributed by atoms with Crippen LogP contribution in [-0.2, 0) is 4.74 Å². The highest BCUT2D eigenvalue weighted by molar-refractivity contribution is 6.03. The monoisotopic (exact) mass is 395 g/mol. The number of amides is 1. The number of rotatable bonds is 4. The number of hydrogen-bond acceptors (Lipinski definition) is 6. The highest BCUT2D eigenvalue weighted by Crippen LogP contribution is 2.24. The van der Waals surface area contributed by atoms with E-state index in [2.05, 4.69) is 44.1 Å². The summed E-state index contributed by atoms with van der Waals surface area (Å²) in [5, 5.41) is 2.96. The summed E-state index contributed by atoms with van der Waals surface area (Å²) in [5.41, 5.74) is 3.14. The van der Waals surface area contributed by atoms with E-state index in [0.29, 0.717) is 24.9 Å². The van der Waals surface area contributed by atoms with E-state index >= 15 is 0 Å². The molecule has 0 atom stereocenters. The van der Waals surface area contributed by atoms with Crippen LogP contribution in [-0.4, -0.2) is 55.3 Å². The van der Waals surface area contributed by atoms with Crippen LogP contribution in [0.4, 0.5) is 17.3 Å². The van der Waals surface area contributed by atoms with Crippen molar-refractivity contribution >= 4 is 23.2 Å². The molecule has 7 heteroatoms. The second kappa shape index (κ2) is 8.78. The van der Waals surface area contributed by atoms with Gasteiger partial charge in [0.05, 0.1) is 13.2 Å². The van der Waals surface area contributed by atoms with Crippen molar-refractivity contribution in [3.05, 3.63) is 41.7 Å². The first-order valence-electron chi connectivity index (χ1n) is 10.4. The number of anilines is 3. The third-order valence-electron chi connectivity index (χ3n) is 5.64. The van der Waals surface area contributed by atoms with Crippen LogP contribution < -0.4 is 15.1 Å². The zero-order chi connectivity index (χ0) is 20.2. The molecule has 2 aromatic rings. The lowest BCUT2D eigenvalue weighted by atomic mass is 9.99. The summed E-state index contributed by atoms with van der Waals surface area (Å²) in [4.78, 5) is 26.2. The maximum Gasteiger partial charge on any atom is 0.274 e. The lowest BCUT2D eigenvalue weighted by Gasteiger charge is -2.32. The van der Waals surface area contributed by atoms with Crippen molar-refractivity contribution in [1.29, 1.82) is 0 Å². The molecular weight excluding hydrogens is 366 g/mol. The summed E-state index contributed by atoms with van der Waals surface area (Å²) in [6, 6.07) is 9.80. The summed E-state index contributed by atoms with van der Waals surface area (Å²) in [5.74, 6) is 1.18. The Kier molecular flexibility index (Phi) is 5.94. The van der Waals surface area contributed by atoms with Crippen LogP contribution in [0.3, 0.4) is 0 Å². The fraction of sp³-hybridized carbons (Fsp3) is 0.500. The van der Waals surface area contributed by atoms with Crippen LogP contribution in [0.15, 0.2) is 30.3 Å². The minimum atomic E-state index is -0.218. The zero-order valence-electron chi connectivity index (χ0n) is 17.2. The van der Waals surface area contributed by atoms with Crippen molar-refractivity contribution in [3.63, 3.8) is 0 Å². The molecule has 0 radical (unpaired) electrons. The normalized spacial score (nSPS) is 18.0. The Bertz CT molecular complexity index is 841. The van der Waals surface area contributed by atoms with Gasteiger partial charge in [-0.2, -0.15) is 0 Å². The fourth-order valence-electron chi connectivity index (χ4n) is 3.79. The van der Waals surface area contributed by atoms with E-state index < -0.39 is 0 Å². The highest BCUT2D eigenvalue weighted by atomic mass is 16.5. The van der Waals surface area contributed by atoms with Gasteiger partial charge in [-0.15, -0.1) is 0 Å². The van der Waals surface area contributed by atoms with Crippen LogP contribution in [0, 0.1) is 12.8 Å². The number of nitrogens with one attached hydrogen (secondary N) is 1. The molecule has 0 spiro atoms. The summed E-state index contributed by atoms with van der Waals surface area (Å²) >= 11 is 0. The van der Waals surface area contributed by atoms with Crippen molar-refractivity contribution in [1.82, 2.24) is 9.97 Å². The molecule has 1 amide bonds. The second-order valence-corrected chi connectivity index (χ2v) is 7.96. The quantitative estimate of drug-likeness (QED) is 0.858. The van der Waals surface area contributed by atoms with Gasteiger partial charge in [0.2, 0.25) is 5.95 Å². The Hall–Kier alpha value is -2.67. The van der Waals surface area contributed by atoms with Gasteiger partial charge in [0.1, 0.15) is 5.69 Å². The average molecular weight is 396 g/mol. The van der Waals surface area contributed by atoms with Crippen molar-refractivity contribution in [2.75, 3.05) is 54.5 Å². The van der Waals surface area contributed by atoms with Gasteiger partial charge in [0.15, 0.2) is 0 Å². The molecule has 1 aromatic heterocycles. The van der Waals surface area contributed by atoms with Crippen LogP contribution in [0.25, 0.3) is 0 Å². The molecule has 4 rings (SSSR count). The topological polar surface area (TPSA) is 70.6 Å². The fourth-order valence-corrected chi connectivity index (χ4v) is 3.79. The second-order valence-electron chi connectivity index (χ2n) is 7.96. The molecule has 7 nitrogen and oxygen atoms in total. The van der Waals surface area contributed by atoms with Gasteiger partial charge in [-0.05, 0) is 56.0 Å². The molecule has 0 unspecified atom stereocenters. The first-order chi connectivity index (χ1) is 14.1. The molecule has 3 heterocycles. The molecule has 2 aliphatic heterocycles. The summed E-state index contributed by atoms with van der Waals surface area (Å²) in [6.45, 7) is 9.17. The summed E-state index contributed by atoms with van der Waals surface area (Å²) in [7, 11) is 0. The summed E-state index contributed by atoms with van der Waals surface area (Å²) < 4.78 is 5.39. The van der Waals surface area contributed by atoms with Crippen LogP contribution in [0.5, 0.6) is 0 Å². The van der Waals surface area contributed by atoms with Crippen LogP contribution >= 0.6 is 0 Å². The Morgan fingerprint density at radius 1 is 1.03 bits per heavy atom. The van der Waals surface area contributed by atoms with E-state index in [9.17, 15) is 4.79 Å². The highest BCUT2D eigenvalue weighted by Gasteiger charge is 2.18. The molecule has 0 saturated carbocycles. The molecule has 154 valence electrons. The number of benzene rings is 1. The molecule has 29 heavy (non-hydrogen) atoms. The average Bonchev–Trinajstić information content (AvgIpc) is 2.75. The first-order valence-corrected chi connectivity index (χ1v) is 10.4. The molecule has 1 aromatic carbocycles. The van der Waals surface area contributed by atoms with Gasteiger partial charge in [0.25, 0.3) is 5.91 Å². The minimum absolute atomic E-state index is 0.218. The van der Waals surface area contributed by atoms with Gasteiger partial charge < -0.3 is 19.9 Å². The van der Waals surface area contributed by atoms with Crippen molar-refractivity contribution in [2.45, 2.75) is 26.7 Å². The molecule has 2 fully saturated rings. The van der Waals surface area contributed by atoms with Gasteiger partial charge in [-0.1, -0.05) is 6.92 Å². The standard InChI is InChI=1S/C22H29N5O2/c1-16-7-9-26(10-8-16)19-5-3-18(4-6-19)24-21(28)20-15-17(2)23-22(25-20)27-11-13-29-14-12-27/h3-6,15-16H,7-14H2,1-2H3,(H,24,28). The van der Waals surface area contributed by atoms with Gasteiger partial charge >= 0.3 is 0 Å². The largest absolute Gasteiger partial charge is 0.378 e. The predicted octanol–water partition coefficient (Wildman–Crippen LogP) is 3.11.